The molecule has 0 aliphatic carbocycles. The van der Waals surface area contributed by atoms with Crippen molar-refractivity contribution in [2.45, 2.75) is 6.04 Å². The van der Waals surface area contributed by atoms with Gasteiger partial charge < -0.3 is 15.2 Å². The van der Waals surface area contributed by atoms with Crippen molar-refractivity contribution in [1.29, 1.82) is 0 Å². The largest absolute Gasteiger partial charge is 0.494 e. The first kappa shape index (κ1) is 9.21. The van der Waals surface area contributed by atoms with Crippen molar-refractivity contribution in [2.24, 2.45) is 5.73 Å². The molecule has 1 aromatic carbocycles. The predicted molar refractivity (Wildman–Crippen MR) is 45.3 cm³/mol. The zero-order chi connectivity index (χ0) is 10.3. The predicted octanol–water partition coefficient (Wildman–Crippen LogP) is 1.37. The van der Waals surface area contributed by atoms with Gasteiger partial charge in [-0.1, -0.05) is 0 Å². The van der Waals surface area contributed by atoms with Gasteiger partial charge in [-0.25, -0.2) is 0 Å². The van der Waals surface area contributed by atoms with Gasteiger partial charge in [0.25, 0.3) is 0 Å². The summed E-state index contributed by atoms with van der Waals surface area (Å²) in [5, 5.41) is 0. The Labute approximate surface area is 79.4 Å². The summed E-state index contributed by atoms with van der Waals surface area (Å²) in [6.45, 7) is 0.166. The number of fused-ring (bicyclic) bond motifs is 1. The quantitative estimate of drug-likeness (QED) is 0.746. The lowest BCUT2D eigenvalue weighted by Crippen LogP contribution is -2.10. The van der Waals surface area contributed by atoms with Gasteiger partial charge in [-0.05, 0) is 6.07 Å². The van der Waals surface area contributed by atoms with E-state index in [-0.39, 0.29) is 18.1 Å². The van der Waals surface area contributed by atoms with Crippen molar-refractivity contribution >= 4 is 0 Å². The Morgan fingerprint density at radius 3 is 2.86 bits per heavy atom. The second kappa shape index (κ2) is 3.09. The average Bonchev–Trinajstić information content (AvgIpc) is 2.54. The standard InChI is InChI=1S/C9H9F2NO2/c1-13-6-2-4-5(12)3-14-9(4)8(11)7(6)10/h2,5H,3,12H2,1H3. The molecule has 0 bridgehead atoms. The highest BCUT2D eigenvalue weighted by Gasteiger charge is 2.28. The Balaban J connectivity index is 2.62. The fraction of sp³-hybridized carbons (Fsp3) is 0.333. The molecule has 1 heterocycles. The second-order valence-electron chi connectivity index (χ2n) is 3.04. The minimum atomic E-state index is -1.04. The molecule has 0 fully saturated rings. The second-order valence-corrected chi connectivity index (χ2v) is 3.04. The van der Waals surface area contributed by atoms with Crippen molar-refractivity contribution in [3.63, 3.8) is 0 Å². The smallest absolute Gasteiger partial charge is 0.204 e. The molecule has 14 heavy (non-hydrogen) atoms. The van der Waals surface area contributed by atoms with Crippen molar-refractivity contribution in [3.05, 3.63) is 23.3 Å². The fourth-order valence-electron chi connectivity index (χ4n) is 1.44. The molecule has 2 N–H and O–H groups in total. The molecular formula is C9H9F2NO2. The number of hydrogen-bond acceptors (Lipinski definition) is 3. The molecule has 0 saturated carbocycles. The lowest BCUT2D eigenvalue weighted by atomic mass is 10.1. The van der Waals surface area contributed by atoms with Crippen LogP contribution >= 0.6 is 0 Å². The van der Waals surface area contributed by atoms with Crippen LogP contribution < -0.4 is 15.2 Å². The Morgan fingerprint density at radius 1 is 1.50 bits per heavy atom. The average molecular weight is 201 g/mol. The summed E-state index contributed by atoms with van der Waals surface area (Å²) in [6.07, 6.45) is 0. The molecule has 0 aromatic heterocycles. The summed E-state index contributed by atoms with van der Waals surface area (Å²) in [4.78, 5) is 0. The zero-order valence-electron chi connectivity index (χ0n) is 7.51. The molecule has 2 rings (SSSR count). The molecule has 0 spiro atoms. The highest BCUT2D eigenvalue weighted by Crippen LogP contribution is 2.38. The van der Waals surface area contributed by atoms with Crippen LogP contribution in [0.25, 0.3) is 0 Å². The first-order valence-corrected chi connectivity index (χ1v) is 4.09. The molecule has 1 unspecified atom stereocenters. The number of methoxy groups -OCH3 is 1. The van der Waals surface area contributed by atoms with Crippen LogP contribution in [0.2, 0.25) is 0 Å². The van der Waals surface area contributed by atoms with Crippen molar-refractivity contribution in [2.75, 3.05) is 13.7 Å². The van der Waals surface area contributed by atoms with Crippen LogP contribution in [-0.2, 0) is 0 Å². The number of hydrogen-bond donors (Lipinski definition) is 1. The summed E-state index contributed by atoms with van der Waals surface area (Å²) < 4.78 is 36.1. The zero-order valence-corrected chi connectivity index (χ0v) is 7.51. The Hall–Kier alpha value is -1.36. The maximum atomic E-state index is 13.3. The topological polar surface area (TPSA) is 44.5 Å². The Morgan fingerprint density at radius 2 is 2.21 bits per heavy atom. The highest BCUT2D eigenvalue weighted by atomic mass is 19.2. The molecule has 5 heteroatoms. The molecule has 0 saturated heterocycles. The summed E-state index contributed by atoms with van der Waals surface area (Å²) in [6, 6.07) is 0.944. The molecule has 76 valence electrons. The molecule has 0 radical (unpaired) electrons. The third-order valence-corrected chi connectivity index (χ3v) is 2.18. The van der Waals surface area contributed by atoms with Crippen molar-refractivity contribution in [1.82, 2.24) is 0 Å². The first-order valence-electron chi connectivity index (χ1n) is 4.09. The summed E-state index contributed by atoms with van der Waals surface area (Å²) in [5.74, 6) is -2.33. The summed E-state index contributed by atoms with van der Waals surface area (Å²) in [5.41, 5.74) is 6.06. The number of rotatable bonds is 1. The molecule has 1 aromatic rings. The third-order valence-electron chi connectivity index (χ3n) is 2.18. The van der Waals surface area contributed by atoms with E-state index in [1.807, 2.05) is 0 Å². The van der Waals surface area contributed by atoms with E-state index in [0.717, 1.165) is 0 Å². The van der Waals surface area contributed by atoms with Crippen LogP contribution in [0.15, 0.2) is 6.07 Å². The number of ether oxygens (including phenoxy) is 2. The van der Waals surface area contributed by atoms with E-state index >= 15 is 0 Å². The van der Waals surface area contributed by atoms with Crippen molar-refractivity contribution < 1.29 is 18.3 Å². The van der Waals surface area contributed by atoms with E-state index in [1.165, 1.54) is 13.2 Å². The molecule has 1 atom stereocenters. The van der Waals surface area contributed by atoms with E-state index in [4.69, 9.17) is 10.5 Å². The molecule has 0 amide bonds. The van der Waals surface area contributed by atoms with Crippen LogP contribution in [0.5, 0.6) is 11.5 Å². The van der Waals surface area contributed by atoms with Gasteiger partial charge in [0.15, 0.2) is 11.5 Å². The lowest BCUT2D eigenvalue weighted by molar-refractivity contribution is 0.309. The van der Waals surface area contributed by atoms with Gasteiger partial charge in [-0.15, -0.1) is 0 Å². The SMILES string of the molecule is COc1cc2c(c(F)c1F)OCC2N. The molecule has 1 aliphatic rings. The van der Waals surface area contributed by atoms with Gasteiger partial charge in [0.1, 0.15) is 6.61 Å². The van der Waals surface area contributed by atoms with E-state index in [2.05, 4.69) is 4.74 Å². The van der Waals surface area contributed by atoms with Crippen LogP contribution in [-0.4, -0.2) is 13.7 Å². The monoisotopic (exact) mass is 201 g/mol. The van der Waals surface area contributed by atoms with Gasteiger partial charge in [0.2, 0.25) is 11.6 Å². The van der Waals surface area contributed by atoms with Gasteiger partial charge in [0.05, 0.1) is 13.2 Å². The van der Waals surface area contributed by atoms with Gasteiger partial charge in [0, 0.05) is 5.56 Å². The van der Waals surface area contributed by atoms with Crippen molar-refractivity contribution in [3.8, 4) is 11.5 Å². The third kappa shape index (κ3) is 1.13. The van der Waals surface area contributed by atoms with Gasteiger partial charge >= 0.3 is 0 Å². The number of halogens is 2. The van der Waals surface area contributed by atoms with Gasteiger partial charge in [-0.2, -0.15) is 8.78 Å². The van der Waals surface area contributed by atoms with Crippen LogP contribution in [0.3, 0.4) is 0 Å². The maximum absolute atomic E-state index is 13.3. The summed E-state index contributed by atoms with van der Waals surface area (Å²) >= 11 is 0. The highest BCUT2D eigenvalue weighted by molar-refractivity contribution is 5.46. The normalized spacial score (nSPS) is 19.0. The minimum absolute atomic E-state index is 0.101. The van der Waals surface area contributed by atoms with E-state index in [0.29, 0.717) is 5.56 Å². The fourth-order valence-corrected chi connectivity index (χ4v) is 1.44. The van der Waals surface area contributed by atoms with Gasteiger partial charge in [-0.3, -0.25) is 0 Å². The van der Waals surface area contributed by atoms with Crippen LogP contribution in [0, 0.1) is 11.6 Å². The number of benzene rings is 1. The van der Waals surface area contributed by atoms with Crippen LogP contribution in [0.4, 0.5) is 8.78 Å². The molecule has 3 nitrogen and oxygen atoms in total. The Kier molecular flexibility index (Phi) is 2.03. The van der Waals surface area contributed by atoms with E-state index < -0.39 is 17.7 Å². The van der Waals surface area contributed by atoms with Crippen LogP contribution in [0.1, 0.15) is 11.6 Å². The molecule has 1 aliphatic heterocycles. The van der Waals surface area contributed by atoms with E-state index in [9.17, 15) is 8.78 Å². The summed E-state index contributed by atoms with van der Waals surface area (Å²) in [7, 11) is 1.27. The van der Waals surface area contributed by atoms with E-state index in [1.54, 1.807) is 0 Å². The number of nitrogens with two attached hydrogens (primary N) is 1. The maximum Gasteiger partial charge on any atom is 0.204 e. The first-order chi connectivity index (χ1) is 6.65. The minimum Gasteiger partial charge on any atom is -0.494 e. The molecular weight excluding hydrogens is 192 g/mol. The Bertz CT molecular complexity index is 382. The lowest BCUT2D eigenvalue weighted by Gasteiger charge is -2.07.